The van der Waals surface area contributed by atoms with Crippen LogP contribution in [0.25, 0.3) is 0 Å². The Morgan fingerprint density at radius 2 is 1.59 bits per heavy atom. The molecular formula is C20H29N3O3S. The first kappa shape index (κ1) is 18.7. The molecule has 0 bridgehead atoms. The molecule has 1 fully saturated rings. The number of nitrogens with one attached hydrogen (secondary N) is 2. The molecule has 2 N–H and O–H groups in total. The van der Waals surface area contributed by atoms with Crippen LogP contribution >= 0.6 is 0 Å². The predicted octanol–water partition coefficient (Wildman–Crippen LogP) is 2.60. The molecule has 3 aliphatic rings. The molecule has 148 valence electrons. The Morgan fingerprint density at radius 1 is 0.963 bits per heavy atom. The van der Waals surface area contributed by atoms with Gasteiger partial charge in [0, 0.05) is 5.69 Å². The molecule has 1 saturated heterocycles. The number of sulfonamides is 1. The van der Waals surface area contributed by atoms with Gasteiger partial charge in [-0.3, -0.25) is 0 Å². The van der Waals surface area contributed by atoms with Crippen LogP contribution in [0.5, 0.6) is 0 Å². The molecule has 0 saturated carbocycles. The van der Waals surface area contributed by atoms with Crippen molar-refractivity contribution in [2.45, 2.75) is 57.8 Å². The van der Waals surface area contributed by atoms with Gasteiger partial charge in [-0.1, -0.05) is 6.07 Å². The molecule has 0 spiro atoms. The molecule has 1 heterocycles. The smallest absolute Gasteiger partial charge is 0.307 e. The lowest BCUT2D eigenvalue weighted by atomic mass is 9.99. The zero-order valence-corrected chi connectivity index (χ0v) is 16.7. The van der Waals surface area contributed by atoms with E-state index < -0.39 is 16.1 Å². The van der Waals surface area contributed by atoms with E-state index in [9.17, 15) is 13.2 Å². The number of rotatable bonds is 6. The van der Waals surface area contributed by atoms with Gasteiger partial charge in [-0.05, 0) is 99.7 Å². The number of benzene rings is 1. The second-order valence-corrected chi connectivity index (χ2v) is 9.85. The quantitative estimate of drug-likeness (QED) is 0.781. The van der Waals surface area contributed by atoms with E-state index in [1.807, 2.05) is 0 Å². The third-order valence-corrected chi connectivity index (χ3v) is 7.37. The lowest BCUT2D eigenvalue weighted by Crippen LogP contribution is -2.37. The van der Waals surface area contributed by atoms with Crippen LogP contribution in [-0.4, -0.2) is 44.7 Å². The number of aryl methyl sites for hydroxylation is 2. The van der Waals surface area contributed by atoms with Crippen LogP contribution in [0.15, 0.2) is 6.07 Å². The zero-order valence-electron chi connectivity index (χ0n) is 15.8. The molecule has 0 unspecified atom stereocenters. The fraction of sp³-hybridized carbons (Fsp3) is 0.650. The number of carbonyl (C=O) groups is 1. The van der Waals surface area contributed by atoms with Gasteiger partial charge in [0.1, 0.15) is 0 Å². The number of amides is 2. The number of anilines is 1. The van der Waals surface area contributed by atoms with E-state index in [0.717, 1.165) is 63.8 Å². The van der Waals surface area contributed by atoms with Gasteiger partial charge in [0.2, 0.25) is 10.0 Å². The number of urea groups is 1. The highest BCUT2D eigenvalue weighted by Crippen LogP contribution is 2.38. The van der Waals surface area contributed by atoms with Crippen molar-refractivity contribution in [3.8, 4) is 0 Å². The minimum atomic E-state index is -3.61. The number of carbonyl (C=O) groups excluding carboxylic acids is 1. The maximum atomic E-state index is 12.4. The second kappa shape index (κ2) is 7.80. The van der Waals surface area contributed by atoms with E-state index in [0.29, 0.717) is 6.42 Å². The van der Waals surface area contributed by atoms with E-state index in [2.05, 4.69) is 21.0 Å². The minimum Gasteiger partial charge on any atom is -0.307 e. The number of hydrogen-bond donors (Lipinski definition) is 2. The molecule has 0 radical (unpaired) electrons. The predicted molar refractivity (Wildman–Crippen MR) is 107 cm³/mol. The average molecular weight is 392 g/mol. The Bertz CT molecular complexity index is 797. The van der Waals surface area contributed by atoms with Crippen molar-refractivity contribution < 1.29 is 13.2 Å². The Hall–Kier alpha value is -1.60. The van der Waals surface area contributed by atoms with Crippen molar-refractivity contribution in [3.05, 3.63) is 28.3 Å². The molecule has 0 aromatic heterocycles. The Balaban J connectivity index is 1.38. The first-order valence-corrected chi connectivity index (χ1v) is 11.9. The summed E-state index contributed by atoms with van der Waals surface area (Å²) in [6, 6.07) is 1.67. The van der Waals surface area contributed by atoms with E-state index in [4.69, 9.17) is 0 Å². The second-order valence-electron chi connectivity index (χ2n) is 8.01. The summed E-state index contributed by atoms with van der Waals surface area (Å²) in [6.07, 6.45) is 9.16. The summed E-state index contributed by atoms with van der Waals surface area (Å²) in [4.78, 5) is 14.7. The number of nitrogens with zero attached hydrogens (tertiary/aromatic N) is 1. The largest absolute Gasteiger partial charge is 0.332 e. The molecule has 1 aromatic rings. The first-order chi connectivity index (χ1) is 13.0. The van der Waals surface area contributed by atoms with Crippen molar-refractivity contribution in [3.63, 3.8) is 0 Å². The fourth-order valence-corrected chi connectivity index (χ4v) is 5.73. The van der Waals surface area contributed by atoms with Gasteiger partial charge in [0.15, 0.2) is 0 Å². The van der Waals surface area contributed by atoms with Gasteiger partial charge in [-0.25, -0.2) is 17.9 Å². The molecule has 27 heavy (non-hydrogen) atoms. The van der Waals surface area contributed by atoms with Crippen LogP contribution < -0.4 is 10.0 Å². The van der Waals surface area contributed by atoms with Crippen molar-refractivity contribution in [1.82, 2.24) is 9.62 Å². The molecule has 6 nitrogen and oxygen atoms in total. The topological polar surface area (TPSA) is 78.5 Å². The summed E-state index contributed by atoms with van der Waals surface area (Å²) in [5, 5.41) is 2.89. The van der Waals surface area contributed by atoms with Crippen molar-refractivity contribution in [1.29, 1.82) is 0 Å². The first-order valence-electron chi connectivity index (χ1n) is 10.2. The van der Waals surface area contributed by atoms with Crippen molar-refractivity contribution >= 4 is 21.7 Å². The van der Waals surface area contributed by atoms with Gasteiger partial charge < -0.3 is 10.2 Å². The molecule has 4 rings (SSSR count). The maximum Gasteiger partial charge on any atom is 0.332 e. The molecule has 7 heteroatoms. The third-order valence-electron chi connectivity index (χ3n) is 6.05. The van der Waals surface area contributed by atoms with Gasteiger partial charge in [-0.15, -0.1) is 0 Å². The van der Waals surface area contributed by atoms with E-state index in [-0.39, 0.29) is 5.75 Å². The van der Waals surface area contributed by atoms with Crippen LogP contribution in [0.3, 0.4) is 0 Å². The Kier molecular flexibility index (Phi) is 5.41. The number of fused-ring (bicyclic) bond motifs is 2. The summed E-state index contributed by atoms with van der Waals surface area (Å²) in [5.74, 6) is -0.0120. The van der Waals surface area contributed by atoms with Crippen LogP contribution in [0, 0.1) is 0 Å². The van der Waals surface area contributed by atoms with E-state index >= 15 is 0 Å². The summed E-state index contributed by atoms with van der Waals surface area (Å²) < 4.78 is 26.8. The Labute approximate surface area is 161 Å². The highest BCUT2D eigenvalue weighted by molar-refractivity contribution is 7.90. The molecular weight excluding hydrogens is 362 g/mol. The van der Waals surface area contributed by atoms with Crippen molar-refractivity contribution in [2.75, 3.05) is 30.7 Å². The van der Waals surface area contributed by atoms with Gasteiger partial charge >= 0.3 is 6.03 Å². The van der Waals surface area contributed by atoms with Crippen LogP contribution in [0.2, 0.25) is 0 Å². The molecule has 1 aromatic carbocycles. The standard InChI is InChI=1S/C20H29N3O3S/c24-20(22-27(25,26)13-5-12-23-10-1-2-11-23)21-19-17-8-3-6-15(17)14-16-7-4-9-18(16)19/h14H,1-13H2,(H2,21,22,24). The highest BCUT2D eigenvalue weighted by Gasteiger charge is 2.26. The van der Waals surface area contributed by atoms with Gasteiger partial charge in [-0.2, -0.15) is 0 Å². The number of likely N-dealkylation sites (tertiary alicyclic amines) is 1. The van der Waals surface area contributed by atoms with Crippen LogP contribution in [-0.2, 0) is 35.7 Å². The third kappa shape index (κ3) is 4.29. The van der Waals surface area contributed by atoms with E-state index in [1.54, 1.807) is 0 Å². The highest BCUT2D eigenvalue weighted by atomic mass is 32.2. The SMILES string of the molecule is O=C(Nc1c2c(cc3c1CCC3)CCC2)NS(=O)(=O)CCCN1CCCC1. The molecule has 2 amide bonds. The van der Waals surface area contributed by atoms with Gasteiger partial charge in [0.25, 0.3) is 0 Å². The fourth-order valence-electron chi connectivity index (χ4n) is 4.78. The summed E-state index contributed by atoms with van der Waals surface area (Å²) >= 11 is 0. The van der Waals surface area contributed by atoms with Crippen LogP contribution in [0.1, 0.15) is 54.4 Å². The number of hydrogen-bond acceptors (Lipinski definition) is 4. The van der Waals surface area contributed by atoms with Gasteiger partial charge in [0.05, 0.1) is 5.75 Å². The summed E-state index contributed by atoms with van der Waals surface area (Å²) in [6.45, 7) is 2.89. The molecule has 2 aliphatic carbocycles. The molecule has 0 atom stereocenters. The maximum absolute atomic E-state index is 12.4. The normalized spacial score (nSPS) is 19.1. The average Bonchev–Trinajstić information content (AvgIpc) is 3.34. The summed E-state index contributed by atoms with van der Waals surface area (Å²) in [7, 11) is -3.61. The lowest BCUT2D eigenvalue weighted by Gasteiger charge is -2.17. The Morgan fingerprint density at radius 3 is 2.22 bits per heavy atom. The summed E-state index contributed by atoms with van der Waals surface area (Å²) in [5.41, 5.74) is 5.93. The van der Waals surface area contributed by atoms with E-state index in [1.165, 1.54) is 35.1 Å². The molecule has 1 aliphatic heterocycles. The minimum absolute atomic E-state index is 0.0120. The lowest BCUT2D eigenvalue weighted by molar-refractivity contribution is 0.256. The monoisotopic (exact) mass is 391 g/mol. The van der Waals surface area contributed by atoms with Crippen molar-refractivity contribution in [2.24, 2.45) is 0 Å². The van der Waals surface area contributed by atoms with Crippen LogP contribution in [0.4, 0.5) is 10.5 Å². The zero-order chi connectivity index (χ0) is 18.9.